The molecule has 3 N–H and O–H groups in total. The molecule has 0 saturated heterocycles. The lowest BCUT2D eigenvalue weighted by atomic mass is 10.1. The van der Waals surface area contributed by atoms with Gasteiger partial charge in [-0.05, 0) is 37.5 Å². The minimum Gasteiger partial charge on any atom is -0.324 e. The lowest BCUT2D eigenvalue weighted by Gasteiger charge is -2.18. The first-order valence-electron chi connectivity index (χ1n) is 9.96. The van der Waals surface area contributed by atoms with Crippen LogP contribution in [0.4, 0.5) is 10.5 Å². The molecule has 1 unspecified atom stereocenters. The van der Waals surface area contributed by atoms with Crippen molar-refractivity contribution >= 4 is 23.5 Å². The Labute approximate surface area is 174 Å². The van der Waals surface area contributed by atoms with Crippen molar-refractivity contribution in [2.75, 3.05) is 5.32 Å². The summed E-state index contributed by atoms with van der Waals surface area (Å²) >= 11 is 1.86. The minimum atomic E-state index is -0.434. The molecule has 7 heteroatoms. The number of anilines is 1. The molecule has 1 atom stereocenters. The van der Waals surface area contributed by atoms with E-state index in [1.165, 1.54) is 25.7 Å². The summed E-state index contributed by atoms with van der Waals surface area (Å²) in [4.78, 5) is 18.4. The van der Waals surface area contributed by atoms with Crippen molar-refractivity contribution in [1.29, 1.82) is 0 Å². The van der Waals surface area contributed by atoms with E-state index in [9.17, 15) is 4.79 Å². The summed E-state index contributed by atoms with van der Waals surface area (Å²) in [5.41, 5.74) is 1.76. The van der Waals surface area contributed by atoms with E-state index in [1.54, 1.807) is 0 Å². The van der Waals surface area contributed by atoms with E-state index in [2.05, 4.69) is 31.9 Å². The molecule has 0 aliphatic heterocycles. The van der Waals surface area contributed by atoms with Gasteiger partial charge in [-0.1, -0.05) is 55.3 Å². The lowest BCUT2D eigenvalue weighted by molar-refractivity contribution is 0.249. The third kappa shape index (κ3) is 4.98. The number of urea groups is 1. The maximum Gasteiger partial charge on any atom is 0.320 e. The predicted octanol–water partition coefficient (Wildman–Crippen LogP) is 5.06. The minimum absolute atomic E-state index is 0.277. The Morgan fingerprint density at radius 1 is 1.10 bits per heavy atom. The third-order valence-electron chi connectivity index (χ3n) is 5.01. The van der Waals surface area contributed by atoms with E-state index < -0.39 is 6.04 Å². The van der Waals surface area contributed by atoms with Gasteiger partial charge in [0.05, 0.1) is 5.69 Å². The van der Waals surface area contributed by atoms with E-state index in [-0.39, 0.29) is 6.03 Å². The molecule has 1 fully saturated rings. The van der Waals surface area contributed by atoms with E-state index in [1.807, 2.05) is 67.2 Å². The van der Waals surface area contributed by atoms with Crippen LogP contribution in [0.15, 0.2) is 59.5 Å². The molecule has 0 bridgehead atoms. The smallest absolute Gasteiger partial charge is 0.320 e. The maximum atomic E-state index is 12.9. The fourth-order valence-electron chi connectivity index (χ4n) is 3.58. The number of aromatic nitrogens is 3. The van der Waals surface area contributed by atoms with Gasteiger partial charge in [0, 0.05) is 10.1 Å². The Morgan fingerprint density at radius 3 is 2.55 bits per heavy atom. The molecule has 3 aromatic rings. The summed E-state index contributed by atoms with van der Waals surface area (Å²) in [5, 5.41) is 13.8. The molecule has 1 aromatic heterocycles. The number of H-pyrrole nitrogens is 1. The second kappa shape index (κ2) is 9.13. The third-order valence-corrected chi connectivity index (χ3v) is 6.43. The predicted molar refractivity (Wildman–Crippen MR) is 116 cm³/mol. The number of carbonyl (C=O) groups excluding carboxylic acids is 1. The maximum absolute atomic E-state index is 12.9. The van der Waals surface area contributed by atoms with Gasteiger partial charge in [0.2, 0.25) is 0 Å². The Bertz CT molecular complexity index is 953. The van der Waals surface area contributed by atoms with Crippen molar-refractivity contribution < 1.29 is 4.79 Å². The number of aromatic amines is 1. The molecule has 1 aliphatic carbocycles. The number of hydrogen-bond donors (Lipinski definition) is 3. The summed E-state index contributed by atoms with van der Waals surface area (Å²) in [7, 11) is 0. The van der Waals surface area contributed by atoms with Crippen LogP contribution in [-0.4, -0.2) is 26.5 Å². The molecule has 6 nitrogen and oxygen atoms in total. The molecule has 29 heavy (non-hydrogen) atoms. The summed E-state index contributed by atoms with van der Waals surface area (Å²) in [5.74, 6) is 1.25. The lowest BCUT2D eigenvalue weighted by Crippen LogP contribution is -2.34. The first-order chi connectivity index (χ1) is 14.2. The molecule has 0 spiro atoms. The molecular weight excluding hydrogens is 382 g/mol. The number of rotatable bonds is 6. The largest absolute Gasteiger partial charge is 0.324 e. The SMILES string of the molecule is Cc1nc(C(NC(=O)Nc2ccccc2SC2CCCC2)c2ccccc2)n[nH]1. The molecule has 1 aliphatic rings. The van der Waals surface area contributed by atoms with Crippen LogP contribution in [0, 0.1) is 6.92 Å². The van der Waals surface area contributed by atoms with Gasteiger partial charge in [0.25, 0.3) is 0 Å². The zero-order chi connectivity index (χ0) is 20.1. The molecule has 4 rings (SSSR count). The highest BCUT2D eigenvalue weighted by Gasteiger charge is 2.22. The summed E-state index contributed by atoms with van der Waals surface area (Å²) < 4.78 is 0. The monoisotopic (exact) mass is 407 g/mol. The van der Waals surface area contributed by atoms with Crippen molar-refractivity contribution in [1.82, 2.24) is 20.5 Å². The standard InChI is InChI=1S/C22H25N5OS/c1-15-23-21(27-26-15)20(16-9-3-2-4-10-16)25-22(28)24-18-13-7-8-14-19(18)29-17-11-5-6-12-17/h2-4,7-10,13-14,17,20H,5-6,11-12H2,1H3,(H,23,26,27)(H2,24,25,28). The fourth-order valence-corrected chi connectivity index (χ4v) is 4.91. The van der Waals surface area contributed by atoms with E-state index >= 15 is 0 Å². The number of benzene rings is 2. The van der Waals surface area contributed by atoms with Gasteiger partial charge >= 0.3 is 6.03 Å². The van der Waals surface area contributed by atoms with Crippen LogP contribution in [-0.2, 0) is 0 Å². The van der Waals surface area contributed by atoms with Gasteiger partial charge in [-0.2, -0.15) is 5.10 Å². The van der Waals surface area contributed by atoms with Crippen LogP contribution in [0.1, 0.15) is 48.9 Å². The number of hydrogen-bond acceptors (Lipinski definition) is 4. The van der Waals surface area contributed by atoms with Crippen molar-refractivity contribution in [2.45, 2.75) is 48.8 Å². The number of nitrogens with one attached hydrogen (secondary N) is 3. The number of para-hydroxylation sites is 1. The average molecular weight is 408 g/mol. The Balaban J connectivity index is 1.50. The van der Waals surface area contributed by atoms with Crippen molar-refractivity contribution in [3.05, 3.63) is 71.8 Å². The molecule has 0 radical (unpaired) electrons. The molecular formula is C22H25N5OS. The first kappa shape index (κ1) is 19.5. The van der Waals surface area contributed by atoms with Crippen LogP contribution < -0.4 is 10.6 Å². The van der Waals surface area contributed by atoms with E-state index in [0.29, 0.717) is 16.9 Å². The Morgan fingerprint density at radius 2 is 1.83 bits per heavy atom. The molecule has 150 valence electrons. The van der Waals surface area contributed by atoms with Gasteiger partial charge in [-0.3, -0.25) is 5.10 Å². The highest BCUT2D eigenvalue weighted by atomic mass is 32.2. The van der Waals surface area contributed by atoms with Gasteiger partial charge in [0.15, 0.2) is 5.82 Å². The molecule has 2 amide bonds. The van der Waals surface area contributed by atoms with Crippen molar-refractivity contribution in [2.24, 2.45) is 0 Å². The topological polar surface area (TPSA) is 82.7 Å². The van der Waals surface area contributed by atoms with Gasteiger partial charge in [0.1, 0.15) is 11.9 Å². The fraction of sp³-hybridized carbons (Fsp3) is 0.318. The quantitative estimate of drug-likeness (QED) is 0.533. The number of amides is 2. The van der Waals surface area contributed by atoms with E-state index in [4.69, 9.17) is 0 Å². The van der Waals surface area contributed by atoms with Gasteiger partial charge in [-0.15, -0.1) is 11.8 Å². The van der Waals surface area contributed by atoms with Crippen LogP contribution in [0.3, 0.4) is 0 Å². The number of aryl methyl sites for hydroxylation is 1. The second-order valence-corrected chi connectivity index (χ2v) is 8.58. The van der Waals surface area contributed by atoms with Crippen molar-refractivity contribution in [3.63, 3.8) is 0 Å². The van der Waals surface area contributed by atoms with Crippen molar-refractivity contribution in [3.8, 4) is 0 Å². The molecule has 1 saturated carbocycles. The normalized spacial score (nSPS) is 15.2. The van der Waals surface area contributed by atoms with Crippen LogP contribution in [0.5, 0.6) is 0 Å². The van der Waals surface area contributed by atoms with Crippen LogP contribution in [0.2, 0.25) is 0 Å². The van der Waals surface area contributed by atoms with Crippen LogP contribution >= 0.6 is 11.8 Å². The summed E-state index contributed by atoms with van der Waals surface area (Å²) in [6, 6.07) is 17.0. The number of thioether (sulfide) groups is 1. The zero-order valence-electron chi connectivity index (χ0n) is 16.4. The van der Waals surface area contributed by atoms with E-state index in [0.717, 1.165) is 16.1 Å². The Kier molecular flexibility index (Phi) is 6.14. The summed E-state index contributed by atoms with van der Waals surface area (Å²) in [6.45, 7) is 1.84. The number of nitrogens with zero attached hydrogens (tertiary/aromatic N) is 2. The average Bonchev–Trinajstić information content (AvgIpc) is 3.40. The zero-order valence-corrected chi connectivity index (χ0v) is 17.2. The second-order valence-electron chi connectivity index (χ2n) is 7.24. The highest BCUT2D eigenvalue weighted by Crippen LogP contribution is 2.38. The Hall–Kier alpha value is -2.80. The molecule has 2 aromatic carbocycles. The summed E-state index contributed by atoms with van der Waals surface area (Å²) in [6.07, 6.45) is 5.07. The number of carbonyl (C=O) groups is 1. The van der Waals surface area contributed by atoms with Crippen LogP contribution in [0.25, 0.3) is 0 Å². The molecule has 1 heterocycles. The van der Waals surface area contributed by atoms with Gasteiger partial charge in [-0.25, -0.2) is 9.78 Å². The first-order valence-corrected chi connectivity index (χ1v) is 10.8. The highest BCUT2D eigenvalue weighted by molar-refractivity contribution is 8.00. The van der Waals surface area contributed by atoms with Gasteiger partial charge < -0.3 is 10.6 Å².